The predicted octanol–water partition coefficient (Wildman–Crippen LogP) is 1.58. The van der Waals surface area contributed by atoms with Gasteiger partial charge >= 0.3 is 0 Å². The lowest BCUT2D eigenvalue weighted by molar-refractivity contribution is -0.152. The van der Waals surface area contributed by atoms with Crippen molar-refractivity contribution < 1.29 is 4.79 Å². The molecule has 1 saturated heterocycles. The van der Waals surface area contributed by atoms with E-state index in [4.69, 9.17) is 0 Å². The molecule has 2 heteroatoms. The first-order valence-electron chi connectivity index (χ1n) is 4.89. The number of fused-ring (bicyclic) bond motifs is 1. The Balaban J connectivity index is 1.75. The third-order valence-corrected chi connectivity index (χ3v) is 3.01. The number of carbonyl (C=O) groups excluding carboxylic acids is 1. The average Bonchev–Trinajstić information content (AvgIpc) is 2.17. The van der Waals surface area contributed by atoms with Crippen LogP contribution in [0.25, 0.3) is 0 Å². The van der Waals surface area contributed by atoms with E-state index in [2.05, 4.69) is 18.2 Å². The van der Waals surface area contributed by atoms with Gasteiger partial charge in [0.1, 0.15) is 0 Å². The van der Waals surface area contributed by atoms with Gasteiger partial charge in [-0.25, -0.2) is 0 Å². The molecule has 1 aromatic carbocycles. The third-order valence-electron chi connectivity index (χ3n) is 3.01. The minimum absolute atomic E-state index is 0.207. The summed E-state index contributed by atoms with van der Waals surface area (Å²) in [6.45, 7) is 0.755. The summed E-state index contributed by atoms with van der Waals surface area (Å²) >= 11 is 0. The molecule has 0 bridgehead atoms. The Morgan fingerprint density at radius 1 is 1.14 bits per heavy atom. The van der Waals surface area contributed by atoms with Crippen LogP contribution in [0.2, 0.25) is 0 Å². The van der Waals surface area contributed by atoms with E-state index in [-0.39, 0.29) is 11.8 Å². The second-order valence-electron chi connectivity index (χ2n) is 3.85. The Morgan fingerprint density at radius 2 is 1.93 bits per heavy atom. The van der Waals surface area contributed by atoms with Gasteiger partial charge in [-0.1, -0.05) is 42.5 Å². The first-order valence-corrected chi connectivity index (χ1v) is 4.89. The molecule has 2 nitrogen and oxygen atoms in total. The Labute approximate surface area is 82.8 Å². The van der Waals surface area contributed by atoms with Crippen LogP contribution in [0, 0.1) is 5.92 Å². The zero-order valence-corrected chi connectivity index (χ0v) is 7.76. The van der Waals surface area contributed by atoms with E-state index in [0.717, 1.165) is 6.54 Å². The van der Waals surface area contributed by atoms with Crippen LogP contribution in [0.1, 0.15) is 5.56 Å². The zero-order valence-electron chi connectivity index (χ0n) is 7.76. The summed E-state index contributed by atoms with van der Waals surface area (Å²) in [5.41, 5.74) is 1.21. The fraction of sp³-hybridized carbons (Fsp3) is 0.250. The van der Waals surface area contributed by atoms with Crippen molar-refractivity contribution in [2.45, 2.75) is 12.6 Å². The van der Waals surface area contributed by atoms with Gasteiger partial charge in [0, 0.05) is 6.54 Å². The number of benzene rings is 1. The number of rotatable bonds is 2. The SMILES string of the molecule is O=C1C2C=CC2N1Cc1ccccc1. The molecule has 1 heterocycles. The highest BCUT2D eigenvalue weighted by Gasteiger charge is 2.48. The largest absolute Gasteiger partial charge is 0.330 e. The molecule has 2 unspecified atom stereocenters. The molecule has 0 saturated carbocycles. The average molecular weight is 185 g/mol. The second kappa shape index (κ2) is 2.71. The first kappa shape index (κ1) is 7.80. The van der Waals surface area contributed by atoms with Gasteiger partial charge in [-0.05, 0) is 5.56 Å². The molecule has 1 aliphatic heterocycles. The molecule has 0 radical (unpaired) electrons. The Kier molecular flexibility index (Phi) is 1.51. The van der Waals surface area contributed by atoms with Crippen LogP contribution in [0.15, 0.2) is 42.5 Å². The van der Waals surface area contributed by atoms with Crippen LogP contribution >= 0.6 is 0 Å². The number of likely N-dealkylation sites (tertiary alicyclic amines) is 1. The summed E-state index contributed by atoms with van der Waals surface area (Å²) in [4.78, 5) is 13.4. The van der Waals surface area contributed by atoms with Crippen molar-refractivity contribution >= 4 is 5.91 Å². The van der Waals surface area contributed by atoms with Crippen LogP contribution in [0.5, 0.6) is 0 Å². The quantitative estimate of drug-likeness (QED) is 0.506. The fourth-order valence-corrected chi connectivity index (χ4v) is 2.07. The van der Waals surface area contributed by atoms with Crippen LogP contribution in [0.3, 0.4) is 0 Å². The molecular formula is C12H11NO. The van der Waals surface area contributed by atoms with E-state index in [1.54, 1.807) is 0 Å². The second-order valence-corrected chi connectivity index (χ2v) is 3.85. The summed E-state index contributed by atoms with van der Waals surface area (Å²) in [6, 6.07) is 10.5. The van der Waals surface area contributed by atoms with Crippen molar-refractivity contribution in [2.24, 2.45) is 5.92 Å². The zero-order chi connectivity index (χ0) is 9.54. The van der Waals surface area contributed by atoms with Crippen molar-refractivity contribution in [3.05, 3.63) is 48.0 Å². The maximum absolute atomic E-state index is 11.5. The van der Waals surface area contributed by atoms with Gasteiger partial charge in [0.2, 0.25) is 5.91 Å². The van der Waals surface area contributed by atoms with E-state index in [1.165, 1.54) is 5.56 Å². The maximum Gasteiger partial charge on any atom is 0.232 e. The first-order chi connectivity index (χ1) is 6.86. The molecule has 0 N–H and O–H groups in total. The van der Waals surface area contributed by atoms with Crippen molar-refractivity contribution in [3.8, 4) is 0 Å². The van der Waals surface area contributed by atoms with E-state index in [1.807, 2.05) is 29.2 Å². The van der Waals surface area contributed by atoms with Crippen LogP contribution < -0.4 is 0 Å². The van der Waals surface area contributed by atoms with Crippen molar-refractivity contribution in [2.75, 3.05) is 0 Å². The van der Waals surface area contributed by atoms with Gasteiger partial charge in [-0.3, -0.25) is 4.79 Å². The molecule has 2 aliphatic rings. The molecule has 1 aliphatic carbocycles. The molecule has 70 valence electrons. The third kappa shape index (κ3) is 0.939. The van der Waals surface area contributed by atoms with Gasteiger partial charge in [0.05, 0.1) is 12.0 Å². The van der Waals surface area contributed by atoms with Crippen LogP contribution in [-0.4, -0.2) is 16.8 Å². The number of hydrogen-bond acceptors (Lipinski definition) is 1. The minimum atomic E-state index is 0.207. The number of carbonyl (C=O) groups is 1. The number of amides is 1. The Bertz CT molecular complexity index is 396. The fourth-order valence-electron chi connectivity index (χ4n) is 2.07. The van der Waals surface area contributed by atoms with Gasteiger partial charge < -0.3 is 4.90 Å². The Hall–Kier alpha value is -1.57. The summed E-state index contributed by atoms with van der Waals surface area (Å²) in [5, 5.41) is 0. The predicted molar refractivity (Wildman–Crippen MR) is 53.4 cm³/mol. The number of hydrogen-bond donors (Lipinski definition) is 0. The standard InChI is InChI=1S/C12H11NO/c14-12-10-6-7-11(10)13(12)8-9-4-2-1-3-5-9/h1-7,10-11H,8H2. The summed E-state index contributed by atoms with van der Waals surface area (Å²) in [5.74, 6) is 0.486. The van der Waals surface area contributed by atoms with Gasteiger partial charge in [-0.2, -0.15) is 0 Å². The van der Waals surface area contributed by atoms with Crippen molar-refractivity contribution in [1.82, 2.24) is 4.90 Å². The number of β-lactam (4-membered cyclic amide) rings is 1. The van der Waals surface area contributed by atoms with Crippen LogP contribution in [-0.2, 0) is 11.3 Å². The van der Waals surface area contributed by atoms with Gasteiger partial charge in [0.15, 0.2) is 0 Å². The highest BCUT2D eigenvalue weighted by atomic mass is 16.2. The van der Waals surface area contributed by atoms with E-state index in [9.17, 15) is 4.79 Å². The highest BCUT2D eigenvalue weighted by molar-refractivity contribution is 5.90. The molecule has 0 aromatic heterocycles. The molecule has 0 spiro atoms. The Morgan fingerprint density at radius 3 is 2.50 bits per heavy atom. The summed E-state index contributed by atoms with van der Waals surface area (Å²) in [7, 11) is 0. The lowest BCUT2D eigenvalue weighted by Crippen LogP contribution is -2.62. The highest BCUT2D eigenvalue weighted by Crippen LogP contribution is 2.37. The molecule has 1 aromatic rings. The van der Waals surface area contributed by atoms with Gasteiger partial charge in [0.25, 0.3) is 0 Å². The van der Waals surface area contributed by atoms with Crippen LogP contribution in [0.4, 0.5) is 0 Å². The van der Waals surface area contributed by atoms with Crippen molar-refractivity contribution in [1.29, 1.82) is 0 Å². The molecule has 3 rings (SSSR count). The minimum Gasteiger partial charge on any atom is -0.330 e. The number of nitrogens with zero attached hydrogens (tertiary/aromatic N) is 1. The lowest BCUT2D eigenvalue weighted by Gasteiger charge is -2.49. The smallest absolute Gasteiger partial charge is 0.232 e. The topological polar surface area (TPSA) is 20.3 Å². The maximum atomic E-state index is 11.5. The normalized spacial score (nSPS) is 28.0. The van der Waals surface area contributed by atoms with Gasteiger partial charge in [-0.15, -0.1) is 0 Å². The van der Waals surface area contributed by atoms with E-state index >= 15 is 0 Å². The molecule has 1 fully saturated rings. The molecular weight excluding hydrogens is 174 g/mol. The molecule has 1 amide bonds. The molecule has 14 heavy (non-hydrogen) atoms. The van der Waals surface area contributed by atoms with E-state index < -0.39 is 0 Å². The lowest BCUT2D eigenvalue weighted by atomic mass is 9.78. The van der Waals surface area contributed by atoms with E-state index in [0.29, 0.717) is 6.04 Å². The monoisotopic (exact) mass is 185 g/mol. The molecule has 2 atom stereocenters. The summed E-state index contributed by atoms with van der Waals surface area (Å²) < 4.78 is 0. The van der Waals surface area contributed by atoms with Crippen molar-refractivity contribution in [3.63, 3.8) is 0 Å². The summed E-state index contributed by atoms with van der Waals surface area (Å²) in [6.07, 6.45) is 4.10.